The van der Waals surface area contributed by atoms with Gasteiger partial charge in [0, 0.05) is 18.5 Å². The van der Waals surface area contributed by atoms with E-state index in [1.165, 1.54) is 0 Å². The van der Waals surface area contributed by atoms with Crippen LogP contribution in [0.15, 0.2) is 12.1 Å². The molecule has 0 bridgehead atoms. The number of β-amino-alcohol motifs (C(OH)–C–C–N with tert-alkyl or cyclic N) is 1. The molecule has 1 fully saturated rings. The molecule has 1 aliphatic rings. The van der Waals surface area contributed by atoms with Crippen LogP contribution in [0.1, 0.15) is 17.5 Å². The Kier molecular flexibility index (Phi) is 3.78. The molecule has 1 saturated heterocycles. The topological polar surface area (TPSA) is 50.7 Å². The Bertz CT molecular complexity index is 425. The number of ether oxygens (including phenoxy) is 2. The van der Waals surface area contributed by atoms with Crippen LogP contribution in [0.5, 0.6) is 11.5 Å². The van der Waals surface area contributed by atoms with Crippen LogP contribution >= 0.6 is 0 Å². The van der Waals surface area contributed by atoms with Gasteiger partial charge in [-0.2, -0.15) is 0 Å². The highest BCUT2D eigenvalue weighted by Gasteiger charge is 2.32. The molecule has 4 heteroatoms. The lowest BCUT2D eigenvalue weighted by Crippen LogP contribution is -2.33. The van der Waals surface area contributed by atoms with Gasteiger partial charge in [0.1, 0.15) is 11.5 Å². The van der Waals surface area contributed by atoms with Gasteiger partial charge in [0.2, 0.25) is 0 Å². The van der Waals surface area contributed by atoms with Crippen LogP contribution in [-0.2, 0) is 6.42 Å². The van der Waals surface area contributed by atoms with E-state index in [4.69, 9.17) is 9.47 Å². The highest BCUT2D eigenvalue weighted by atomic mass is 16.5. The molecule has 2 rings (SSSR count). The van der Waals surface area contributed by atoms with Crippen LogP contribution in [0, 0.1) is 6.92 Å². The second kappa shape index (κ2) is 5.16. The lowest BCUT2D eigenvalue weighted by Gasteiger charge is -2.23. The normalized spacial score (nSPS) is 23.1. The first-order valence-corrected chi connectivity index (χ1v) is 6.22. The Hall–Kier alpha value is -1.26. The predicted octanol–water partition coefficient (Wildman–Crippen LogP) is 1.28. The average Bonchev–Trinajstić information content (AvgIpc) is 2.77. The largest absolute Gasteiger partial charge is 0.496 e. The highest BCUT2D eigenvalue weighted by molar-refractivity contribution is 5.46. The fourth-order valence-electron chi connectivity index (χ4n) is 2.49. The minimum atomic E-state index is -0.673. The standard InChI is InChI=1S/C14H21NO3/c1-10-6-13(18-3)11(7-12(10)17-2)8-14(16)4-5-15-9-14/h6-7,15-16H,4-5,8-9H2,1-3H3. The van der Waals surface area contributed by atoms with Crippen molar-refractivity contribution in [3.05, 3.63) is 23.3 Å². The van der Waals surface area contributed by atoms with Crippen molar-refractivity contribution in [2.45, 2.75) is 25.4 Å². The van der Waals surface area contributed by atoms with E-state index in [0.29, 0.717) is 13.0 Å². The molecule has 1 heterocycles. The molecule has 0 radical (unpaired) electrons. The van der Waals surface area contributed by atoms with Crippen LogP contribution in [0.25, 0.3) is 0 Å². The quantitative estimate of drug-likeness (QED) is 0.846. The maximum atomic E-state index is 10.4. The lowest BCUT2D eigenvalue weighted by atomic mass is 9.92. The summed E-state index contributed by atoms with van der Waals surface area (Å²) in [6, 6.07) is 3.92. The second-order valence-corrected chi connectivity index (χ2v) is 4.96. The van der Waals surface area contributed by atoms with Crippen LogP contribution < -0.4 is 14.8 Å². The van der Waals surface area contributed by atoms with Gasteiger partial charge in [0.05, 0.1) is 19.8 Å². The van der Waals surface area contributed by atoms with E-state index in [1.807, 2.05) is 19.1 Å². The van der Waals surface area contributed by atoms with Crippen LogP contribution in [0.3, 0.4) is 0 Å². The number of methoxy groups -OCH3 is 2. The van der Waals surface area contributed by atoms with Crippen molar-refractivity contribution in [3.8, 4) is 11.5 Å². The summed E-state index contributed by atoms with van der Waals surface area (Å²) in [5.74, 6) is 1.65. The summed E-state index contributed by atoms with van der Waals surface area (Å²) in [6.07, 6.45) is 1.35. The minimum absolute atomic E-state index is 0.583. The van der Waals surface area contributed by atoms with E-state index in [9.17, 15) is 5.11 Å². The fraction of sp³-hybridized carbons (Fsp3) is 0.571. The molecule has 100 valence electrons. The van der Waals surface area contributed by atoms with Crippen molar-refractivity contribution in [2.75, 3.05) is 27.3 Å². The fourth-order valence-corrected chi connectivity index (χ4v) is 2.49. The zero-order valence-corrected chi connectivity index (χ0v) is 11.2. The molecule has 1 aliphatic heterocycles. The number of nitrogens with one attached hydrogen (secondary N) is 1. The molecule has 0 spiro atoms. The molecule has 0 aliphatic carbocycles. The van der Waals surface area contributed by atoms with Crippen LogP contribution in [0.2, 0.25) is 0 Å². The lowest BCUT2D eigenvalue weighted by molar-refractivity contribution is 0.0612. The molecular formula is C14H21NO3. The van der Waals surface area contributed by atoms with Gasteiger partial charge >= 0.3 is 0 Å². The third-order valence-electron chi connectivity index (χ3n) is 3.54. The molecule has 1 aromatic rings. The first kappa shape index (κ1) is 13.2. The van der Waals surface area contributed by atoms with Gasteiger partial charge in [-0.15, -0.1) is 0 Å². The third-order valence-corrected chi connectivity index (χ3v) is 3.54. The summed E-state index contributed by atoms with van der Waals surface area (Å²) in [5, 5.41) is 13.6. The predicted molar refractivity (Wildman–Crippen MR) is 70.4 cm³/mol. The molecule has 2 N–H and O–H groups in total. The van der Waals surface area contributed by atoms with Crippen molar-refractivity contribution in [3.63, 3.8) is 0 Å². The van der Waals surface area contributed by atoms with Gasteiger partial charge in [-0.1, -0.05) is 0 Å². The smallest absolute Gasteiger partial charge is 0.122 e. The number of hydrogen-bond donors (Lipinski definition) is 2. The summed E-state index contributed by atoms with van der Waals surface area (Å²) in [5.41, 5.74) is 1.36. The Balaban J connectivity index is 2.30. The van der Waals surface area contributed by atoms with E-state index >= 15 is 0 Å². The van der Waals surface area contributed by atoms with E-state index in [1.54, 1.807) is 14.2 Å². The molecule has 0 aromatic heterocycles. The van der Waals surface area contributed by atoms with E-state index < -0.39 is 5.60 Å². The molecule has 4 nitrogen and oxygen atoms in total. The highest BCUT2D eigenvalue weighted by Crippen LogP contribution is 2.32. The SMILES string of the molecule is COc1cc(CC2(O)CCNC2)c(OC)cc1C. The third kappa shape index (κ3) is 2.60. The number of hydrogen-bond acceptors (Lipinski definition) is 4. The molecule has 18 heavy (non-hydrogen) atoms. The summed E-state index contributed by atoms with van der Waals surface area (Å²) < 4.78 is 10.7. The summed E-state index contributed by atoms with van der Waals surface area (Å²) >= 11 is 0. The summed E-state index contributed by atoms with van der Waals surface area (Å²) in [4.78, 5) is 0. The minimum Gasteiger partial charge on any atom is -0.496 e. The summed E-state index contributed by atoms with van der Waals surface area (Å²) in [6.45, 7) is 3.48. The number of benzene rings is 1. The van der Waals surface area contributed by atoms with Gasteiger partial charge in [-0.05, 0) is 37.6 Å². The Morgan fingerprint density at radius 1 is 1.28 bits per heavy atom. The Labute approximate surface area is 108 Å². The van der Waals surface area contributed by atoms with Gasteiger partial charge in [-0.3, -0.25) is 0 Å². The van der Waals surface area contributed by atoms with Crippen LogP contribution in [-0.4, -0.2) is 38.0 Å². The number of aliphatic hydroxyl groups is 1. The van der Waals surface area contributed by atoms with Crippen molar-refractivity contribution >= 4 is 0 Å². The Morgan fingerprint density at radius 2 is 2.00 bits per heavy atom. The van der Waals surface area contributed by atoms with Gasteiger partial charge in [0.25, 0.3) is 0 Å². The molecular weight excluding hydrogens is 230 g/mol. The van der Waals surface area contributed by atoms with Crippen molar-refractivity contribution in [2.24, 2.45) is 0 Å². The molecule has 0 saturated carbocycles. The van der Waals surface area contributed by atoms with Gasteiger partial charge < -0.3 is 19.9 Å². The average molecular weight is 251 g/mol. The molecule has 1 unspecified atom stereocenters. The molecule has 1 atom stereocenters. The zero-order chi connectivity index (χ0) is 13.2. The van der Waals surface area contributed by atoms with Crippen molar-refractivity contribution < 1.29 is 14.6 Å². The van der Waals surface area contributed by atoms with E-state index in [2.05, 4.69) is 5.32 Å². The Morgan fingerprint density at radius 3 is 2.56 bits per heavy atom. The summed E-state index contributed by atoms with van der Waals surface area (Å²) in [7, 11) is 3.31. The van der Waals surface area contributed by atoms with Gasteiger partial charge in [-0.25, -0.2) is 0 Å². The van der Waals surface area contributed by atoms with E-state index in [0.717, 1.165) is 35.6 Å². The van der Waals surface area contributed by atoms with Crippen LogP contribution in [0.4, 0.5) is 0 Å². The maximum absolute atomic E-state index is 10.4. The number of aryl methyl sites for hydroxylation is 1. The van der Waals surface area contributed by atoms with Crippen molar-refractivity contribution in [1.29, 1.82) is 0 Å². The zero-order valence-electron chi connectivity index (χ0n) is 11.2. The number of rotatable bonds is 4. The monoisotopic (exact) mass is 251 g/mol. The molecule has 1 aromatic carbocycles. The first-order valence-electron chi connectivity index (χ1n) is 6.22. The maximum Gasteiger partial charge on any atom is 0.122 e. The molecule has 0 amide bonds. The van der Waals surface area contributed by atoms with Crippen molar-refractivity contribution in [1.82, 2.24) is 5.32 Å². The van der Waals surface area contributed by atoms with Gasteiger partial charge in [0.15, 0.2) is 0 Å². The first-order chi connectivity index (χ1) is 8.58. The second-order valence-electron chi connectivity index (χ2n) is 4.96. The van der Waals surface area contributed by atoms with E-state index in [-0.39, 0.29) is 0 Å².